The highest BCUT2D eigenvalue weighted by Gasteiger charge is 2.23. The normalized spacial score (nSPS) is 19.1. The number of benzene rings is 1. The third-order valence-electron chi connectivity index (χ3n) is 3.90. The Morgan fingerprint density at radius 2 is 1.95 bits per heavy atom. The van der Waals surface area contributed by atoms with Crippen molar-refractivity contribution in [2.45, 2.75) is 38.8 Å². The van der Waals surface area contributed by atoms with Crippen molar-refractivity contribution >= 4 is 29.1 Å². The Hall–Kier alpha value is -0.770. The molecule has 1 amide bonds. The number of rotatable bonds is 4. The highest BCUT2D eigenvalue weighted by molar-refractivity contribution is 6.34. The molecule has 116 valence electrons. The monoisotopic (exact) mass is 328 g/mol. The highest BCUT2D eigenvalue weighted by atomic mass is 35.5. The van der Waals surface area contributed by atoms with Crippen molar-refractivity contribution in [1.29, 1.82) is 0 Å². The molecule has 1 aromatic carbocycles. The van der Waals surface area contributed by atoms with E-state index in [-0.39, 0.29) is 5.91 Å². The standard InChI is InChI=1S/C16H22Cl2N2O/c1-12-5-3-4-6-20(12)16(21)11-19(2)10-13-7-14(17)9-15(18)8-13/h7-9,12H,3-6,10-11H2,1-2H3. The summed E-state index contributed by atoms with van der Waals surface area (Å²) in [5.74, 6) is 0.206. The Kier molecular flexibility index (Phi) is 5.91. The van der Waals surface area contributed by atoms with Crippen LogP contribution in [-0.4, -0.2) is 41.9 Å². The quantitative estimate of drug-likeness (QED) is 0.838. The molecule has 3 nitrogen and oxygen atoms in total. The van der Waals surface area contributed by atoms with E-state index in [9.17, 15) is 4.79 Å². The zero-order valence-corrected chi connectivity index (χ0v) is 14.1. The van der Waals surface area contributed by atoms with Crippen LogP contribution >= 0.6 is 23.2 Å². The van der Waals surface area contributed by atoms with Gasteiger partial charge in [-0.15, -0.1) is 0 Å². The van der Waals surface area contributed by atoms with Crippen LogP contribution < -0.4 is 0 Å². The topological polar surface area (TPSA) is 23.6 Å². The Balaban J connectivity index is 1.91. The average Bonchev–Trinajstić information content (AvgIpc) is 2.37. The van der Waals surface area contributed by atoms with Gasteiger partial charge in [0.2, 0.25) is 5.91 Å². The molecule has 21 heavy (non-hydrogen) atoms. The minimum atomic E-state index is 0.206. The Morgan fingerprint density at radius 1 is 1.29 bits per heavy atom. The number of likely N-dealkylation sites (N-methyl/N-ethyl adjacent to an activating group) is 1. The first-order valence-corrected chi connectivity index (χ1v) is 8.14. The van der Waals surface area contributed by atoms with Crippen molar-refractivity contribution in [3.8, 4) is 0 Å². The number of halogens is 2. The maximum atomic E-state index is 12.4. The van der Waals surface area contributed by atoms with Crippen LogP contribution in [0, 0.1) is 0 Å². The molecule has 1 saturated heterocycles. The molecule has 5 heteroatoms. The first-order chi connectivity index (χ1) is 9.95. The summed E-state index contributed by atoms with van der Waals surface area (Å²) >= 11 is 12.0. The Morgan fingerprint density at radius 3 is 2.57 bits per heavy atom. The van der Waals surface area contributed by atoms with Gasteiger partial charge in [0, 0.05) is 29.2 Å². The highest BCUT2D eigenvalue weighted by Crippen LogP contribution is 2.20. The van der Waals surface area contributed by atoms with Gasteiger partial charge in [-0.3, -0.25) is 9.69 Å². The molecule has 1 atom stereocenters. The summed E-state index contributed by atoms with van der Waals surface area (Å²) in [5, 5.41) is 1.25. The average molecular weight is 329 g/mol. The fourth-order valence-corrected chi connectivity index (χ4v) is 3.43. The van der Waals surface area contributed by atoms with E-state index in [1.807, 2.05) is 29.0 Å². The number of nitrogens with zero attached hydrogens (tertiary/aromatic N) is 2. The molecule has 0 radical (unpaired) electrons. The Bertz CT molecular complexity index is 487. The third-order valence-corrected chi connectivity index (χ3v) is 4.34. The van der Waals surface area contributed by atoms with Crippen molar-refractivity contribution in [2.24, 2.45) is 0 Å². The smallest absolute Gasteiger partial charge is 0.236 e. The van der Waals surface area contributed by atoms with E-state index < -0.39 is 0 Å². The zero-order valence-electron chi connectivity index (χ0n) is 12.6. The lowest BCUT2D eigenvalue weighted by atomic mass is 10.0. The van der Waals surface area contributed by atoms with Gasteiger partial charge in [-0.2, -0.15) is 0 Å². The van der Waals surface area contributed by atoms with Crippen LogP contribution in [0.25, 0.3) is 0 Å². The predicted molar refractivity (Wildman–Crippen MR) is 87.8 cm³/mol. The van der Waals surface area contributed by atoms with Gasteiger partial charge in [0.25, 0.3) is 0 Å². The molecular formula is C16H22Cl2N2O. The van der Waals surface area contributed by atoms with E-state index >= 15 is 0 Å². The molecule has 0 N–H and O–H groups in total. The number of hydrogen-bond donors (Lipinski definition) is 0. The van der Waals surface area contributed by atoms with Gasteiger partial charge in [0.15, 0.2) is 0 Å². The van der Waals surface area contributed by atoms with Crippen molar-refractivity contribution in [3.63, 3.8) is 0 Å². The molecule has 1 heterocycles. The minimum Gasteiger partial charge on any atom is -0.339 e. The van der Waals surface area contributed by atoms with Crippen LogP contribution in [0.15, 0.2) is 18.2 Å². The van der Waals surface area contributed by atoms with Crippen molar-refractivity contribution in [3.05, 3.63) is 33.8 Å². The van der Waals surface area contributed by atoms with Gasteiger partial charge < -0.3 is 4.90 Å². The number of carbonyl (C=O) groups excluding carboxylic acids is 1. The van der Waals surface area contributed by atoms with Crippen molar-refractivity contribution < 1.29 is 4.79 Å². The fourth-order valence-electron chi connectivity index (χ4n) is 2.86. The SMILES string of the molecule is CC1CCCCN1C(=O)CN(C)Cc1cc(Cl)cc(Cl)c1. The van der Waals surface area contributed by atoms with E-state index in [2.05, 4.69) is 6.92 Å². The molecule has 1 aliphatic rings. The molecule has 0 saturated carbocycles. The summed E-state index contributed by atoms with van der Waals surface area (Å²) in [6.07, 6.45) is 3.45. The molecule has 1 aromatic rings. The molecule has 0 aromatic heterocycles. The lowest BCUT2D eigenvalue weighted by molar-refractivity contribution is -0.135. The zero-order chi connectivity index (χ0) is 15.4. The largest absolute Gasteiger partial charge is 0.339 e. The first-order valence-electron chi connectivity index (χ1n) is 7.38. The van der Waals surface area contributed by atoms with Gasteiger partial charge in [0.1, 0.15) is 0 Å². The van der Waals surface area contributed by atoms with E-state index in [0.29, 0.717) is 29.2 Å². The van der Waals surface area contributed by atoms with Crippen molar-refractivity contribution in [2.75, 3.05) is 20.1 Å². The number of carbonyl (C=O) groups is 1. The number of amides is 1. The summed E-state index contributed by atoms with van der Waals surface area (Å²) in [5.41, 5.74) is 1.02. The number of hydrogen-bond acceptors (Lipinski definition) is 2. The summed E-state index contributed by atoms with van der Waals surface area (Å²) in [6.45, 7) is 4.10. The van der Waals surface area contributed by atoms with Crippen LogP contribution in [0.5, 0.6) is 0 Å². The van der Waals surface area contributed by atoms with E-state index in [1.54, 1.807) is 6.07 Å². The fraction of sp³-hybridized carbons (Fsp3) is 0.562. The van der Waals surface area contributed by atoms with Crippen LogP contribution in [0.1, 0.15) is 31.7 Å². The van der Waals surface area contributed by atoms with Crippen LogP contribution in [0.2, 0.25) is 10.0 Å². The van der Waals surface area contributed by atoms with Gasteiger partial charge in [-0.1, -0.05) is 23.2 Å². The predicted octanol–water partition coefficient (Wildman–Crippen LogP) is 3.83. The second kappa shape index (κ2) is 7.48. The maximum Gasteiger partial charge on any atom is 0.236 e. The molecule has 2 rings (SSSR count). The minimum absolute atomic E-state index is 0.206. The molecular weight excluding hydrogens is 307 g/mol. The lowest BCUT2D eigenvalue weighted by Gasteiger charge is -2.34. The van der Waals surface area contributed by atoms with Crippen LogP contribution in [0.4, 0.5) is 0 Å². The van der Waals surface area contributed by atoms with Crippen LogP contribution in [-0.2, 0) is 11.3 Å². The molecule has 1 fully saturated rings. The molecule has 1 aliphatic heterocycles. The third kappa shape index (κ3) is 4.87. The number of piperidine rings is 1. The van der Waals surface area contributed by atoms with Gasteiger partial charge >= 0.3 is 0 Å². The molecule has 0 aliphatic carbocycles. The summed E-state index contributed by atoms with van der Waals surface area (Å²) in [4.78, 5) is 16.4. The Labute approximate surface area is 136 Å². The van der Waals surface area contributed by atoms with Gasteiger partial charge in [0.05, 0.1) is 6.54 Å². The molecule has 0 bridgehead atoms. The van der Waals surface area contributed by atoms with Gasteiger partial charge in [-0.05, 0) is 57.0 Å². The van der Waals surface area contributed by atoms with Gasteiger partial charge in [-0.25, -0.2) is 0 Å². The van der Waals surface area contributed by atoms with E-state index in [4.69, 9.17) is 23.2 Å². The summed E-state index contributed by atoms with van der Waals surface area (Å²) in [7, 11) is 1.95. The maximum absolute atomic E-state index is 12.4. The molecule has 1 unspecified atom stereocenters. The van der Waals surface area contributed by atoms with E-state index in [0.717, 1.165) is 24.9 Å². The second-order valence-electron chi connectivity index (χ2n) is 5.88. The van der Waals surface area contributed by atoms with Crippen LogP contribution in [0.3, 0.4) is 0 Å². The summed E-state index contributed by atoms with van der Waals surface area (Å²) < 4.78 is 0. The molecule has 0 spiro atoms. The first kappa shape index (κ1) is 16.6. The second-order valence-corrected chi connectivity index (χ2v) is 6.75. The summed E-state index contributed by atoms with van der Waals surface area (Å²) in [6, 6.07) is 5.85. The van der Waals surface area contributed by atoms with E-state index in [1.165, 1.54) is 6.42 Å². The van der Waals surface area contributed by atoms with Crippen molar-refractivity contribution in [1.82, 2.24) is 9.80 Å². The number of likely N-dealkylation sites (tertiary alicyclic amines) is 1. The lowest BCUT2D eigenvalue weighted by Crippen LogP contribution is -2.46.